The van der Waals surface area contributed by atoms with Crippen LogP contribution >= 0.6 is 0 Å². The predicted octanol–water partition coefficient (Wildman–Crippen LogP) is 1.58. The highest BCUT2D eigenvalue weighted by Gasteiger charge is 2.50. The van der Waals surface area contributed by atoms with Crippen molar-refractivity contribution in [3.05, 3.63) is 24.0 Å². The molecule has 0 aliphatic heterocycles. The van der Waals surface area contributed by atoms with Crippen LogP contribution in [0.15, 0.2) is 18.3 Å². The second-order valence-corrected chi connectivity index (χ2v) is 3.62. The van der Waals surface area contributed by atoms with E-state index in [1.54, 1.807) is 0 Å². The summed E-state index contributed by atoms with van der Waals surface area (Å²) in [6.07, 6.45) is 3.91. The fourth-order valence-electron chi connectivity index (χ4n) is 1.85. The van der Waals surface area contributed by atoms with Crippen LogP contribution in [0.3, 0.4) is 0 Å². The fourth-order valence-corrected chi connectivity index (χ4v) is 1.85. The topological polar surface area (TPSA) is 51.6 Å². The van der Waals surface area contributed by atoms with E-state index in [0.717, 1.165) is 18.5 Å². The van der Waals surface area contributed by atoms with Crippen LogP contribution in [0.1, 0.15) is 24.6 Å². The molecule has 1 aliphatic rings. The zero-order chi connectivity index (χ0) is 9.31. The van der Waals surface area contributed by atoms with E-state index in [1.807, 2.05) is 25.4 Å². The van der Waals surface area contributed by atoms with E-state index in [1.165, 1.54) is 0 Å². The van der Waals surface area contributed by atoms with Crippen molar-refractivity contribution in [2.24, 2.45) is 5.41 Å². The molecule has 1 unspecified atom stereocenters. The Morgan fingerprint density at radius 3 is 2.85 bits per heavy atom. The van der Waals surface area contributed by atoms with Gasteiger partial charge in [0.15, 0.2) is 0 Å². The van der Waals surface area contributed by atoms with Gasteiger partial charge >= 0.3 is 0 Å². The summed E-state index contributed by atoms with van der Waals surface area (Å²) in [5.41, 5.74) is 0.959. The maximum Gasteiger partial charge on any atom is 0.0783 e. The molecule has 0 spiro atoms. The van der Waals surface area contributed by atoms with E-state index in [9.17, 15) is 0 Å². The summed E-state index contributed by atoms with van der Waals surface area (Å²) in [5, 5.41) is 12.3. The van der Waals surface area contributed by atoms with Crippen molar-refractivity contribution in [2.75, 3.05) is 7.05 Å². The molecule has 1 saturated carbocycles. The van der Waals surface area contributed by atoms with Crippen molar-refractivity contribution >= 4 is 0 Å². The minimum absolute atomic E-state index is 0.153. The highest BCUT2D eigenvalue weighted by Crippen LogP contribution is 2.53. The lowest BCUT2D eigenvalue weighted by molar-refractivity contribution is 0.436. The lowest BCUT2D eigenvalue weighted by Crippen LogP contribution is -2.25. The van der Waals surface area contributed by atoms with Gasteiger partial charge < -0.3 is 10.3 Å². The van der Waals surface area contributed by atoms with Crippen LogP contribution in [0.4, 0.5) is 0 Å². The maximum atomic E-state index is 9.05. The number of hydrogen-bond donors (Lipinski definition) is 2. The van der Waals surface area contributed by atoms with Crippen LogP contribution in [0, 0.1) is 16.7 Å². The number of aromatic nitrogens is 1. The minimum atomic E-state index is -0.153. The molecular weight excluding hydrogens is 162 g/mol. The van der Waals surface area contributed by atoms with Crippen LogP contribution in [-0.2, 0) is 0 Å². The highest BCUT2D eigenvalue weighted by atomic mass is 15.0. The molecule has 2 rings (SSSR count). The molecule has 0 bridgehead atoms. The summed E-state index contributed by atoms with van der Waals surface area (Å²) in [6, 6.07) is 6.56. The molecule has 1 fully saturated rings. The second-order valence-electron chi connectivity index (χ2n) is 3.62. The number of nitriles is 1. The van der Waals surface area contributed by atoms with Gasteiger partial charge in [0.25, 0.3) is 0 Å². The fraction of sp³-hybridized carbons (Fsp3) is 0.500. The Hall–Kier alpha value is -1.27. The van der Waals surface area contributed by atoms with Crippen LogP contribution < -0.4 is 5.32 Å². The molecule has 2 N–H and O–H groups in total. The molecule has 3 nitrogen and oxygen atoms in total. The van der Waals surface area contributed by atoms with Crippen molar-refractivity contribution in [2.45, 2.75) is 18.9 Å². The molecule has 0 radical (unpaired) electrons. The SMILES string of the molecule is CNC(c1ccc[nH]1)C1(C#N)CC1. The predicted molar refractivity (Wildman–Crippen MR) is 49.9 cm³/mol. The number of nitrogens with one attached hydrogen (secondary N) is 2. The average Bonchev–Trinajstić information content (AvgIpc) is 2.75. The van der Waals surface area contributed by atoms with E-state index < -0.39 is 0 Å². The summed E-state index contributed by atoms with van der Waals surface area (Å²) in [7, 11) is 1.91. The van der Waals surface area contributed by atoms with Gasteiger partial charge in [0.1, 0.15) is 0 Å². The molecule has 68 valence electrons. The molecule has 1 heterocycles. The van der Waals surface area contributed by atoms with Crippen molar-refractivity contribution in [3.63, 3.8) is 0 Å². The zero-order valence-corrected chi connectivity index (χ0v) is 7.67. The van der Waals surface area contributed by atoms with Crippen LogP contribution in [0.5, 0.6) is 0 Å². The van der Waals surface area contributed by atoms with Crippen molar-refractivity contribution in [1.29, 1.82) is 5.26 Å². The molecule has 1 aromatic rings. The van der Waals surface area contributed by atoms with Crippen molar-refractivity contribution in [3.8, 4) is 6.07 Å². The molecule has 1 atom stereocenters. The Morgan fingerprint density at radius 2 is 2.46 bits per heavy atom. The van der Waals surface area contributed by atoms with Crippen LogP contribution in [0.2, 0.25) is 0 Å². The summed E-state index contributed by atoms with van der Waals surface area (Å²) in [6.45, 7) is 0. The first kappa shape index (κ1) is 8.33. The van der Waals surface area contributed by atoms with Gasteiger partial charge in [-0.15, -0.1) is 0 Å². The van der Waals surface area contributed by atoms with Gasteiger partial charge in [-0.05, 0) is 32.0 Å². The normalized spacial score (nSPS) is 20.6. The van der Waals surface area contributed by atoms with Crippen molar-refractivity contribution < 1.29 is 0 Å². The lowest BCUT2D eigenvalue weighted by Gasteiger charge is -2.19. The number of nitrogens with zero attached hydrogens (tertiary/aromatic N) is 1. The van der Waals surface area contributed by atoms with Crippen LogP contribution in [-0.4, -0.2) is 12.0 Å². The van der Waals surface area contributed by atoms with Crippen molar-refractivity contribution in [1.82, 2.24) is 10.3 Å². The molecule has 3 heteroatoms. The van der Waals surface area contributed by atoms with Gasteiger partial charge in [-0.25, -0.2) is 0 Å². The first-order chi connectivity index (χ1) is 6.32. The quantitative estimate of drug-likeness (QED) is 0.732. The van der Waals surface area contributed by atoms with Gasteiger partial charge in [-0.3, -0.25) is 0 Å². The zero-order valence-electron chi connectivity index (χ0n) is 7.67. The first-order valence-electron chi connectivity index (χ1n) is 4.54. The summed E-state index contributed by atoms with van der Waals surface area (Å²) < 4.78 is 0. The number of hydrogen-bond acceptors (Lipinski definition) is 2. The molecule has 0 saturated heterocycles. The second kappa shape index (κ2) is 2.90. The maximum absolute atomic E-state index is 9.05. The van der Waals surface area contributed by atoms with E-state index in [2.05, 4.69) is 16.4 Å². The largest absolute Gasteiger partial charge is 0.364 e. The van der Waals surface area contributed by atoms with Gasteiger partial charge in [-0.1, -0.05) is 0 Å². The first-order valence-corrected chi connectivity index (χ1v) is 4.54. The van der Waals surface area contributed by atoms with E-state index in [-0.39, 0.29) is 11.5 Å². The smallest absolute Gasteiger partial charge is 0.0783 e. The molecule has 1 aliphatic carbocycles. The Kier molecular flexibility index (Phi) is 1.86. The Morgan fingerprint density at radius 1 is 1.69 bits per heavy atom. The number of rotatable bonds is 3. The monoisotopic (exact) mass is 175 g/mol. The molecule has 1 aromatic heterocycles. The summed E-state index contributed by atoms with van der Waals surface area (Å²) in [5.74, 6) is 0. The van der Waals surface area contributed by atoms with Gasteiger partial charge in [0.2, 0.25) is 0 Å². The van der Waals surface area contributed by atoms with Gasteiger partial charge in [0, 0.05) is 11.9 Å². The standard InChI is InChI=1S/C10H13N3/c1-12-9(8-3-2-6-13-8)10(7-11)4-5-10/h2-3,6,9,12-13H,4-5H2,1H3. The number of H-pyrrole nitrogens is 1. The minimum Gasteiger partial charge on any atom is -0.364 e. The third-order valence-electron chi connectivity index (χ3n) is 2.79. The Bertz CT molecular complexity index is 316. The van der Waals surface area contributed by atoms with Crippen LogP contribution in [0.25, 0.3) is 0 Å². The third-order valence-corrected chi connectivity index (χ3v) is 2.79. The van der Waals surface area contributed by atoms with Gasteiger partial charge in [0.05, 0.1) is 17.5 Å². The highest BCUT2D eigenvalue weighted by molar-refractivity contribution is 5.24. The van der Waals surface area contributed by atoms with E-state index in [0.29, 0.717) is 0 Å². The third kappa shape index (κ3) is 1.24. The lowest BCUT2D eigenvalue weighted by atomic mass is 9.95. The summed E-state index contributed by atoms with van der Waals surface area (Å²) in [4.78, 5) is 3.15. The van der Waals surface area contributed by atoms with Gasteiger partial charge in [-0.2, -0.15) is 5.26 Å². The Balaban J connectivity index is 2.25. The van der Waals surface area contributed by atoms with E-state index in [4.69, 9.17) is 5.26 Å². The molecule has 0 amide bonds. The van der Waals surface area contributed by atoms with E-state index >= 15 is 0 Å². The number of aromatic amines is 1. The Labute approximate surface area is 77.8 Å². The molecule has 13 heavy (non-hydrogen) atoms. The summed E-state index contributed by atoms with van der Waals surface area (Å²) >= 11 is 0. The average molecular weight is 175 g/mol. The molecular formula is C10H13N3. The molecule has 0 aromatic carbocycles.